The minimum absolute atomic E-state index is 0.0612. The second kappa shape index (κ2) is 26.5. The summed E-state index contributed by atoms with van der Waals surface area (Å²) in [7, 11) is 0. The summed E-state index contributed by atoms with van der Waals surface area (Å²) in [6.45, 7) is 8.75. The Kier molecular flexibility index (Phi) is 25.7. The Balaban J connectivity index is 3.57. The second-order valence-corrected chi connectivity index (χ2v) is 11.6. The summed E-state index contributed by atoms with van der Waals surface area (Å²) in [4.78, 5) is 24.0. The number of hydrogen-bond donors (Lipinski definition) is 1. The average Bonchev–Trinajstić information content (AvgIpc) is 2.88. The van der Waals surface area contributed by atoms with Crippen molar-refractivity contribution < 1.29 is 24.2 Å². The van der Waals surface area contributed by atoms with Gasteiger partial charge < -0.3 is 14.6 Å². The van der Waals surface area contributed by atoms with Gasteiger partial charge in [0.05, 0.1) is 6.61 Å². The summed E-state index contributed by atoms with van der Waals surface area (Å²) in [5.41, 5.74) is 0. The maximum absolute atomic E-state index is 12.0. The van der Waals surface area contributed by atoms with E-state index in [0.29, 0.717) is 12.8 Å². The first-order chi connectivity index (χ1) is 17.9. The molecule has 0 aliphatic heterocycles. The van der Waals surface area contributed by atoms with E-state index in [-0.39, 0.29) is 25.2 Å². The molecule has 2 atom stereocenters. The Morgan fingerprint density at radius 1 is 0.622 bits per heavy atom. The largest absolute Gasteiger partial charge is 0.462 e. The zero-order chi connectivity index (χ0) is 27.6. The van der Waals surface area contributed by atoms with Gasteiger partial charge in [-0.3, -0.25) is 9.59 Å². The summed E-state index contributed by atoms with van der Waals surface area (Å²) in [5.74, 6) is 1.06. The number of rotatable bonds is 27. The summed E-state index contributed by atoms with van der Waals surface area (Å²) >= 11 is 0. The molecule has 5 nitrogen and oxygen atoms in total. The van der Waals surface area contributed by atoms with Gasteiger partial charge in [-0.2, -0.15) is 0 Å². The van der Waals surface area contributed by atoms with Gasteiger partial charge in [-0.15, -0.1) is 0 Å². The first kappa shape index (κ1) is 35.9. The molecule has 0 saturated heterocycles. The number of unbranched alkanes of at least 4 members (excludes halogenated alkanes) is 14. The lowest BCUT2D eigenvalue weighted by Gasteiger charge is -2.15. The molecule has 0 aromatic heterocycles. The molecule has 1 unspecified atom stereocenters. The molecule has 0 fully saturated rings. The number of esters is 2. The molecular weight excluding hydrogens is 464 g/mol. The molecule has 0 heterocycles. The minimum Gasteiger partial charge on any atom is -0.462 e. The average molecular weight is 527 g/mol. The summed E-state index contributed by atoms with van der Waals surface area (Å²) in [6, 6.07) is 0. The summed E-state index contributed by atoms with van der Waals surface area (Å²) in [6.07, 6.45) is 23.0. The molecule has 0 aliphatic carbocycles. The number of hydrogen-bond acceptors (Lipinski definition) is 5. The highest BCUT2D eigenvalue weighted by atomic mass is 16.6. The highest BCUT2D eigenvalue weighted by Crippen LogP contribution is 2.16. The lowest BCUT2D eigenvalue weighted by Crippen LogP contribution is -2.28. The van der Waals surface area contributed by atoms with Crippen molar-refractivity contribution in [3.8, 4) is 0 Å². The lowest BCUT2D eigenvalue weighted by molar-refractivity contribution is -0.161. The minimum atomic E-state index is -0.762. The van der Waals surface area contributed by atoms with E-state index in [2.05, 4.69) is 27.7 Å². The van der Waals surface area contributed by atoms with E-state index in [1.165, 1.54) is 83.5 Å². The van der Waals surface area contributed by atoms with Crippen molar-refractivity contribution >= 4 is 11.9 Å². The van der Waals surface area contributed by atoms with Crippen molar-refractivity contribution in [2.45, 2.75) is 169 Å². The first-order valence-electron chi connectivity index (χ1n) is 15.8. The van der Waals surface area contributed by atoms with Crippen LogP contribution in [0.1, 0.15) is 163 Å². The number of ether oxygens (including phenoxy) is 2. The summed E-state index contributed by atoms with van der Waals surface area (Å²) in [5, 5.41) is 9.46. The normalized spacial score (nSPS) is 13.0. The molecule has 1 N–H and O–H groups in total. The molecule has 0 spiro atoms. The van der Waals surface area contributed by atoms with Gasteiger partial charge in [-0.25, -0.2) is 0 Å². The molecule has 37 heavy (non-hydrogen) atoms. The van der Waals surface area contributed by atoms with E-state index >= 15 is 0 Å². The van der Waals surface area contributed by atoms with E-state index in [9.17, 15) is 14.7 Å². The van der Waals surface area contributed by atoms with Crippen molar-refractivity contribution in [2.24, 2.45) is 11.8 Å². The van der Waals surface area contributed by atoms with Crippen LogP contribution in [-0.4, -0.2) is 36.4 Å². The highest BCUT2D eigenvalue weighted by Gasteiger charge is 2.16. The Morgan fingerprint density at radius 2 is 1.05 bits per heavy atom. The van der Waals surface area contributed by atoms with Crippen molar-refractivity contribution in [3.63, 3.8) is 0 Å². The smallest absolute Gasteiger partial charge is 0.306 e. The van der Waals surface area contributed by atoms with E-state index < -0.39 is 6.10 Å². The molecular formula is C32H62O5. The van der Waals surface area contributed by atoms with E-state index in [1.807, 2.05) is 0 Å². The third kappa shape index (κ3) is 26.3. The van der Waals surface area contributed by atoms with Crippen LogP contribution >= 0.6 is 0 Å². The van der Waals surface area contributed by atoms with Gasteiger partial charge >= 0.3 is 11.9 Å². The number of aliphatic hydroxyl groups excluding tert-OH is 1. The van der Waals surface area contributed by atoms with Crippen LogP contribution < -0.4 is 0 Å². The SMILES string of the molecule is CCC(C)CCCCCCCCCCCCC(=O)OC[C@H](CO)OC(=O)CCCCCCCCC(C)C. The quantitative estimate of drug-likeness (QED) is 0.0854. The molecule has 0 aromatic rings. The molecule has 0 bridgehead atoms. The highest BCUT2D eigenvalue weighted by molar-refractivity contribution is 5.70. The third-order valence-electron chi connectivity index (χ3n) is 7.37. The Bertz CT molecular complexity index is 519. The van der Waals surface area contributed by atoms with Crippen LogP contribution in [0.3, 0.4) is 0 Å². The maximum Gasteiger partial charge on any atom is 0.306 e. The number of aliphatic hydroxyl groups is 1. The first-order valence-corrected chi connectivity index (χ1v) is 15.8. The van der Waals surface area contributed by atoms with Crippen molar-refractivity contribution in [2.75, 3.05) is 13.2 Å². The zero-order valence-corrected chi connectivity index (χ0v) is 25.1. The molecule has 0 saturated carbocycles. The van der Waals surface area contributed by atoms with Crippen LogP contribution in [0.2, 0.25) is 0 Å². The van der Waals surface area contributed by atoms with Crippen molar-refractivity contribution in [1.82, 2.24) is 0 Å². The fourth-order valence-corrected chi connectivity index (χ4v) is 4.54. The fourth-order valence-electron chi connectivity index (χ4n) is 4.54. The molecule has 220 valence electrons. The van der Waals surface area contributed by atoms with Crippen LogP contribution in [0, 0.1) is 11.8 Å². The van der Waals surface area contributed by atoms with Gasteiger partial charge in [0.2, 0.25) is 0 Å². The molecule has 0 aliphatic rings. The van der Waals surface area contributed by atoms with E-state index in [4.69, 9.17) is 9.47 Å². The molecule has 5 heteroatoms. The predicted molar refractivity (Wildman–Crippen MR) is 155 cm³/mol. The Labute approximate surface area is 229 Å². The fraction of sp³-hybridized carbons (Fsp3) is 0.938. The molecule has 0 aromatic carbocycles. The van der Waals surface area contributed by atoms with Crippen LogP contribution in [0.5, 0.6) is 0 Å². The topological polar surface area (TPSA) is 72.8 Å². The second-order valence-electron chi connectivity index (χ2n) is 11.6. The molecule has 0 amide bonds. The Morgan fingerprint density at radius 3 is 1.51 bits per heavy atom. The third-order valence-corrected chi connectivity index (χ3v) is 7.37. The molecule has 0 rings (SSSR count). The Hall–Kier alpha value is -1.10. The van der Waals surface area contributed by atoms with Gasteiger partial charge in [0.15, 0.2) is 6.10 Å². The van der Waals surface area contributed by atoms with Crippen molar-refractivity contribution in [1.29, 1.82) is 0 Å². The summed E-state index contributed by atoms with van der Waals surface area (Å²) < 4.78 is 10.5. The van der Waals surface area contributed by atoms with Crippen molar-refractivity contribution in [3.05, 3.63) is 0 Å². The van der Waals surface area contributed by atoms with E-state index in [0.717, 1.165) is 50.4 Å². The number of carbonyl (C=O) groups excluding carboxylic acids is 2. The van der Waals surface area contributed by atoms with E-state index in [1.54, 1.807) is 0 Å². The van der Waals surface area contributed by atoms with Gasteiger partial charge in [-0.1, -0.05) is 137 Å². The van der Waals surface area contributed by atoms with Gasteiger partial charge in [0.1, 0.15) is 6.61 Å². The van der Waals surface area contributed by atoms with Crippen LogP contribution in [-0.2, 0) is 19.1 Å². The zero-order valence-electron chi connectivity index (χ0n) is 25.1. The molecule has 0 radical (unpaired) electrons. The van der Waals surface area contributed by atoms with Gasteiger partial charge in [0.25, 0.3) is 0 Å². The predicted octanol–water partition coefficient (Wildman–Crippen LogP) is 8.94. The van der Waals surface area contributed by atoms with Crippen LogP contribution in [0.25, 0.3) is 0 Å². The van der Waals surface area contributed by atoms with Crippen LogP contribution in [0.15, 0.2) is 0 Å². The lowest BCUT2D eigenvalue weighted by atomic mass is 9.99. The number of carbonyl (C=O) groups is 2. The van der Waals surface area contributed by atoms with Crippen LogP contribution in [0.4, 0.5) is 0 Å². The standard InChI is InChI=1S/C32H62O5/c1-5-29(4)23-19-15-10-8-6-7-9-11-16-20-24-31(34)36-27-30(26-33)37-32(35)25-21-17-13-12-14-18-22-28(2)3/h28-30,33H,5-27H2,1-4H3/t29?,30-/m0/s1. The monoisotopic (exact) mass is 526 g/mol. The van der Waals surface area contributed by atoms with Gasteiger partial charge in [-0.05, 0) is 24.7 Å². The maximum atomic E-state index is 12.0. The van der Waals surface area contributed by atoms with Gasteiger partial charge in [0, 0.05) is 12.8 Å².